The Morgan fingerprint density at radius 2 is 1.83 bits per heavy atom. The number of aromatic nitrogens is 2. The van der Waals surface area contributed by atoms with E-state index in [0.29, 0.717) is 11.5 Å². The van der Waals surface area contributed by atoms with Crippen molar-refractivity contribution in [2.45, 2.75) is 26.2 Å². The van der Waals surface area contributed by atoms with E-state index in [2.05, 4.69) is 35.2 Å². The van der Waals surface area contributed by atoms with Crippen LogP contribution in [0.1, 0.15) is 42.1 Å². The average Bonchev–Trinajstić information content (AvgIpc) is 2.61. The van der Waals surface area contributed by atoms with Gasteiger partial charge in [0.25, 0.3) is 5.91 Å². The molecule has 116 valence electrons. The molecule has 0 saturated heterocycles. The third kappa shape index (κ3) is 3.21. The van der Waals surface area contributed by atoms with Gasteiger partial charge in [-0.15, -0.1) is 0 Å². The van der Waals surface area contributed by atoms with Crippen LogP contribution in [0.5, 0.6) is 0 Å². The fourth-order valence-corrected chi connectivity index (χ4v) is 2.56. The minimum atomic E-state index is -0.131. The lowest BCUT2D eigenvalue weighted by molar-refractivity contribution is 0.102. The Labute approximate surface area is 135 Å². The van der Waals surface area contributed by atoms with E-state index in [-0.39, 0.29) is 5.91 Å². The molecule has 0 fully saturated rings. The molecule has 1 amide bonds. The van der Waals surface area contributed by atoms with Crippen molar-refractivity contribution in [2.24, 2.45) is 0 Å². The summed E-state index contributed by atoms with van der Waals surface area (Å²) in [5, 5.41) is 3.02. The normalized spacial score (nSPS) is 12.1. The second-order valence-electron chi connectivity index (χ2n) is 5.61. The SMILES string of the molecule is CC[C@H](C)c1ccccc1NC(=O)c1ccc2nccnc2c1. The van der Waals surface area contributed by atoms with E-state index in [9.17, 15) is 4.79 Å². The molecule has 1 aromatic heterocycles. The first kappa shape index (κ1) is 15.2. The number of carbonyl (C=O) groups is 1. The number of hydrogen-bond donors (Lipinski definition) is 1. The van der Waals surface area contributed by atoms with Crippen LogP contribution < -0.4 is 5.32 Å². The highest BCUT2D eigenvalue weighted by Crippen LogP contribution is 2.27. The molecule has 1 atom stereocenters. The predicted molar refractivity (Wildman–Crippen MR) is 92.6 cm³/mol. The molecule has 0 unspecified atom stereocenters. The van der Waals surface area contributed by atoms with Crippen LogP contribution in [0.25, 0.3) is 11.0 Å². The Hall–Kier alpha value is -2.75. The number of benzene rings is 2. The Kier molecular flexibility index (Phi) is 4.33. The van der Waals surface area contributed by atoms with Gasteiger partial charge in [0.05, 0.1) is 11.0 Å². The highest BCUT2D eigenvalue weighted by Gasteiger charge is 2.12. The average molecular weight is 305 g/mol. The van der Waals surface area contributed by atoms with Crippen molar-refractivity contribution in [1.82, 2.24) is 9.97 Å². The van der Waals surface area contributed by atoms with Gasteiger partial charge in [0.1, 0.15) is 0 Å². The number of para-hydroxylation sites is 1. The molecular formula is C19H19N3O. The van der Waals surface area contributed by atoms with E-state index in [4.69, 9.17) is 0 Å². The van der Waals surface area contributed by atoms with Crippen molar-refractivity contribution < 1.29 is 4.79 Å². The minimum absolute atomic E-state index is 0.131. The fourth-order valence-electron chi connectivity index (χ4n) is 2.56. The van der Waals surface area contributed by atoms with Gasteiger partial charge in [0.2, 0.25) is 0 Å². The summed E-state index contributed by atoms with van der Waals surface area (Å²) in [5.74, 6) is 0.266. The Morgan fingerprint density at radius 3 is 2.61 bits per heavy atom. The highest BCUT2D eigenvalue weighted by molar-refractivity contribution is 6.06. The van der Waals surface area contributed by atoms with Crippen LogP contribution in [0.4, 0.5) is 5.69 Å². The summed E-state index contributed by atoms with van der Waals surface area (Å²) in [5.41, 5.74) is 4.10. The van der Waals surface area contributed by atoms with Gasteiger partial charge < -0.3 is 5.32 Å². The largest absolute Gasteiger partial charge is 0.322 e. The second-order valence-corrected chi connectivity index (χ2v) is 5.61. The molecule has 23 heavy (non-hydrogen) atoms. The third-order valence-electron chi connectivity index (χ3n) is 4.08. The van der Waals surface area contributed by atoms with Gasteiger partial charge in [-0.2, -0.15) is 0 Å². The molecule has 1 heterocycles. The Bertz CT molecular complexity index is 845. The summed E-state index contributed by atoms with van der Waals surface area (Å²) in [6.07, 6.45) is 4.30. The first-order valence-corrected chi connectivity index (χ1v) is 7.80. The smallest absolute Gasteiger partial charge is 0.255 e. The maximum absolute atomic E-state index is 12.6. The number of amides is 1. The van der Waals surface area contributed by atoms with Crippen molar-refractivity contribution in [3.05, 3.63) is 66.0 Å². The zero-order valence-electron chi connectivity index (χ0n) is 13.3. The number of carbonyl (C=O) groups excluding carboxylic acids is 1. The molecule has 0 aliphatic carbocycles. The van der Waals surface area contributed by atoms with E-state index in [1.165, 1.54) is 0 Å². The van der Waals surface area contributed by atoms with Crippen molar-refractivity contribution in [3.8, 4) is 0 Å². The van der Waals surface area contributed by atoms with E-state index < -0.39 is 0 Å². The summed E-state index contributed by atoms with van der Waals surface area (Å²) in [6.45, 7) is 4.31. The van der Waals surface area contributed by atoms with Crippen molar-refractivity contribution in [2.75, 3.05) is 5.32 Å². The molecule has 0 saturated carbocycles. The van der Waals surface area contributed by atoms with Crippen LogP contribution in [0.3, 0.4) is 0 Å². The molecule has 0 spiro atoms. The van der Waals surface area contributed by atoms with Gasteiger partial charge in [0.15, 0.2) is 0 Å². The maximum Gasteiger partial charge on any atom is 0.255 e. The van der Waals surface area contributed by atoms with Crippen LogP contribution in [0.15, 0.2) is 54.9 Å². The molecule has 0 aliphatic rings. The summed E-state index contributed by atoms with van der Waals surface area (Å²) in [7, 11) is 0. The molecule has 3 aromatic rings. The van der Waals surface area contributed by atoms with Gasteiger partial charge in [-0.1, -0.05) is 32.0 Å². The summed E-state index contributed by atoms with van der Waals surface area (Å²) >= 11 is 0. The predicted octanol–water partition coefficient (Wildman–Crippen LogP) is 4.40. The van der Waals surface area contributed by atoms with Crippen molar-refractivity contribution in [3.63, 3.8) is 0 Å². The quantitative estimate of drug-likeness (QED) is 0.777. The van der Waals surface area contributed by atoms with E-state index in [1.54, 1.807) is 24.5 Å². The minimum Gasteiger partial charge on any atom is -0.322 e. The molecule has 2 aromatic carbocycles. The lowest BCUT2D eigenvalue weighted by atomic mass is 9.97. The lowest BCUT2D eigenvalue weighted by Crippen LogP contribution is -2.14. The number of nitrogens with one attached hydrogen (secondary N) is 1. The van der Waals surface area contributed by atoms with Crippen LogP contribution in [-0.2, 0) is 0 Å². The standard InChI is InChI=1S/C19H19N3O/c1-3-13(2)15-6-4-5-7-16(15)22-19(23)14-8-9-17-18(12-14)21-11-10-20-17/h4-13H,3H2,1-2H3,(H,22,23)/t13-/m0/s1. The number of fused-ring (bicyclic) bond motifs is 1. The number of rotatable bonds is 4. The lowest BCUT2D eigenvalue weighted by Gasteiger charge is -2.15. The number of hydrogen-bond acceptors (Lipinski definition) is 3. The second kappa shape index (κ2) is 6.57. The van der Waals surface area contributed by atoms with Gasteiger partial charge >= 0.3 is 0 Å². The molecular weight excluding hydrogens is 286 g/mol. The van der Waals surface area contributed by atoms with E-state index in [1.807, 2.05) is 24.3 Å². The molecule has 0 radical (unpaired) electrons. The zero-order chi connectivity index (χ0) is 16.2. The topological polar surface area (TPSA) is 54.9 Å². The molecule has 4 nitrogen and oxygen atoms in total. The van der Waals surface area contributed by atoms with Crippen LogP contribution >= 0.6 is 0 Å². The van der Waals surface area contributed by atoms with E-state index in [0.717, 1.165) is 28.7 Å². The van der Waals surface area contributed by atoms with Gasteiger partial charge in [0, 0.05) is 23.6 Å². The van der Waals surface area contributed by atoms with Gasteiger partial charge in [-0.25, -0.2) is 0 Å². The van der Waals surface area contributed by atoms with E-state index >= 15 is 0 Å². The van der Waals surface area contributed by atoms with Crippen LogP contribution in [-0.4, -0.2) is 15.9 Å². The van der Waals surface area contributed by atoms with Gasteiger partial charge in [-0.05, 0) is 42.2 Å². The first-order chi connectivity index (χ1) is 11.2. The summed E-state index contributed by atoms with van der Waals surface area (Å²) < 4.78 is 0. The zero-order valence-corrected chi connectivity index (χ0v) is 13.3. The number of nitrogens with zero attached hydrogens (tertiary/aromatic N) is 2. The maximum atomic E-state index is 12.6. The first-order valence-electron chi connectivity index (χ1n) is 7.80. The summed E-state index contributed by atoms with van der Waals surface area (Å²) in [6, 6.07) is 13.3. The summed E-state index contributed by atoms with van der Waals surface area (Å²) in [4.78, 5) is 21.0. The molecule has 4 heteroatoms. The monoisotopic (exact) mass is 305 g/mol. The highest BCUT2D eigenvalue weighted by atomic mass is 16.1. The van der Waals surface area contributed by atoms with Gasteiger partial charge in [-0.3, -0.25) is 14.8 Å². The van der Waals surface area contributed by atoms with Crippen LogP contribution in [0, 0.1) is 0 Å². The Balaban J connectivity index is 1.89. The van der Waals surface area contributed by atoms with Crippen molar-refractivity contribution >= 4 is 22.6 Å². The Morgan fingerprint density at radius 1 is 1.09 bits per heavy atom. The van der Waals surface area contributed by atoms with Crippen LogP contribution in [0.2, 0.25) is 0 Å². The molecule has 0 bridgehead atoms. The number of anilines is 1. The third-order valence-corrected chi connectivity index (χ3v) is 4.08. The van der Waals surface area contributed by atoms with Crippen molar-refractivity contribution in [1.29, 1.82) is 0 Å². The fraction of sp³-hybridized carbons (Fsp3) is 0.211. The molecule has 0 aliphatic heterocycles. The molecule has 3 rings (SSSR count). The molecule has 1 N–H and O–H groups in total.